The van der Waals surface area contributed by atoms with Gasteiger partial charge >= 0.3 is 0 Å². The van der Waals surface area contributed by atoms with E-state index >= 15 is 0 Å². The van der Waals surface area contributed by atoms with Gasteiger partial charge in [0.1, 0.15) is 34.9 Å². The Balaban J connectivity index is 0.000000221. The number of benzene rings is 2. The molecule has 0 aliphatic carbocycles. The summed E-state index contributed by atoms with van der Waals surface area (Å²) >= 11 is 0. The third-order valence-corrected chi connectivity index (χ3v) is 3.80. The van der Waals surface area contributed by atoms with Gasteiger partial charge in [0, 0.05) is 24.4 Å². The maximum Gasteiger partial charge on any atom is 0.223 e. The molecule has 0 aliphatic rings. The molecule has 2 aromatic carbocycles. The van der Waals surface area contributed by atoms with Crippen LogP contribution in [-0.4, -0.2) is 15.0 Å². The van der Waals surface area contributed by atoms with Crippen molar-refractivity contribution in [3.63, 3.8) is 0 Å². The van der Waals surface area contributed by atoms with Crippen LogP contribution in [-0.2, 0) is 0 Å². The number of nitrogens with zero attached hydrogens (tertiary/aromatic N) is 4. The van der Waals surface area contributed by atoms with E-state index in [0.29, 0.717) is 17.5 Å². The first-order valence-corrected chi connectivity index (χ1v) is 10.4. The van der Waals surface area contributed by atoms with Crippen molar-refractivity contribution in [1.82, 2.24) is 15.0 Å². The summed E-state index contributed by atoms with van der Waals surface area (Å²) in [6.45, 7) is 7.69. The molecule has 0 bridgehead atoms. The highest BCUT2D eigenvalue weighted by Gasteiger charge is 2.04. The number of pyridine rings is 1. The van der Waals surface area contributed by atoms with Gasteiger partial charge in [0.05, 0.1) is 0 Å². The molecular formula is C26H25FN4O2. The molecule has 7 heteroatoms. The molecule has 0 atom stereocenters. The van der Waals surface area contributed by atoms with Crippen LogP contribution in [0.15, 0.2) is 79.0 Å². The normalized spacial score (nSPS) is 9.33. The average molecular weight is 445 g/mol. The summed E-state index contributed by atoms with van der Waals surface area (Å²) < 4.78 is 23.8. The molecule has 168 valence electrons. The second-order valence-corrected chi connectivity index (χ2v) is 6.40. The third kappa shape index (κ3) is 8.75. The predicted octanol–water partition coefficient (Wildman–Crippen LogP) is 6.80. The van der Waals surface area contributed by atoms with Crippen LogP contribution in [0.5, 0.6) is 23.3 Å². The molecule has 0 unspecified atom stereocenters. The maximum atomic E-state index is 12.9. The maximum absolute atomic E-state index is 12.9. The van der Waals surface area contributed by atoms with Crippen LogP contribution in [0.25, 0.3) is 0 Å². The highest BCUT2D eigenvalue weighted by Crippen LogP contribution is 2.21. The average Bonchev–Trinajstić information content (AvgIpc) is 2.81. The number of hydrogen-bond acceptors (Lipinski definition) is 6. The van der Waals surface area contributed by atoms with Crippen molar-refractivity contribution in [3.05, 3.63) is 102 Å². The number of nitriles is 1. The lowest BCUT2D eigenvalue weighted by Crippen LogP contribution is -1.95. The number of aromatic nitrogens is 3. The van der Waals surface area contributed by atoms with E-state index in [2.05, 4.69) is 15.0 Å². The predicted molar refractivity (Wildman–Crippen MR) is 125 cm³/mol. The number of rotatable bonds is 4. The van der Waals surface area contributed by atoms with E-state index < -0.39 is 5.82 Å². The van der Waals surface area contributed by atoms with Gasteiger partial charge in [-0.1, -0.05) is 38.1 Å². The largest absolute Gasteiger partial charge is 0.439 e. The van der Waals surface area contributed by atoms with E-state index in [1.165, 1.54) is 29.8 Å². The Bertz CT molecular complexity index is 1190. The lowest BCUT2D eigenvalue weighted by atomic mass is 10.2. The molecule has 2 aromatic heterocycles. The van der Waals surface area contributed by atoms with Gasteiger partial charge in [-0.2, -0.15) is 10.2 Å². The minimum atomic E-state index is -0.395. The van der Waals surface area contributed by atoms with E-state index in [9.17, 15) is 4.39 Å². The fraction of sp³-hybridized carbons (Fsp3) is 0.154. The van der Waals surface area contributed by atoms with Crippen molar-refractivity contribution >= 4 is 0 Å². The van der Waals surface area contributed by atoms with Crippen LogP contribution in [0.4, 0.5) is 4.39 Å². The zero-order valence-electron chi connectivity index (χ0n) is 19.0. The quantitative estimate of drug-likeness (QED) is 0.344. The topological polar surface area (TPSA) is 80.9 Å². The Morgan fingerprint density at radius 1 is 0.788 bits per heavy atom. The third-order valence-electron chi connectivity index (χ3n) is 3.80. The highest BCUT2D eigenvalue weighted by molar-refractivity contribution is 5.32. The molecule has 0 spiro atoms. The molecule has 6 nitrogen and oxygen atoms in total. The zero-order valence-corrected chi connectivity index (χ0v) is 19.0. The molecule has 4 aromatic rings. The molecule has 0 saturated carbocycles. The van der Waals surface area contributed by atoms with Crippen molar-refractivity contribution in [2.75, 3.05) is 0 Å². The Morgan fingerprint density at radius 2 is 1.48 bits per heavy atom. The summed E-state index contributed by atoms with van der Waals surface area (Å²) in [6, 6.07) is 22.5. The number of halogens is 1. The smallest absolute Gasteiger partial charge is 0.223 e. The summed E-state index contributed by atoms with van der Waals surface area (Å²) in [7, 11) is 0. The molecule has 33 heavy (non-hydrogen) atoms. The fourth-order valence-corrected chi connectivity index (χ4v) is 2.51. The van der Waals surface area contributed by atoms with Crippen molar-refractivity contribution < 1.29 is 13.9 Å². The number of aryl methyl sites for hydroxylation is 2. The molecule has 0 amide bonds. The Kier molecular flexibility index (Phi) is 9.96. The van der Waals surface area contributed by atoms with Gasteiger partial charge in [0.15, 0.2) is 0 Å². The van der Waals surface area contributed by atoms with Crippen LogP contribution >= 0.6 is 0 Å². The molecule has 4 rings (SSSR count). The van der Waals surface area contributed by atoms with Crippen molar-refractivity contribution in [1.29, 1.82) is 5.26 Å². The van der Waals surface area contributed by atoms with E-state index in [4.69, 9.17) is 14.7 Å². The SMILES string of the molecule is CC.Cc1cccc(Oc2ccccn2)c1.Cc1nc(C#N)cc(Oc2cccc(F)c2)n1. The minimum absolute atomic E-state index is 0.212. The standard InChI is InChI=1S/C12H8FN3O.C12H11NO.C2H6/c1-8-15-10(7-14)6-12(16-8)17-11-4-2-3-9(13)5-11;1-10-5-4-6-11(9-10)14-12-7-2-3-8-13-12;1-2/h2-6H,1H3;2-9H,1H3;1-2H3. The molecule has 0 aliphatic heterocycles. The number of hydrogen-bond donors (Lipinski definition) is 0. The first-order valence-electron chi connectivity index (χ1n) is 10.4. The van der Waals surface area contributed by atoms with Gasteiger partial charge in [0.25, 0.3) is 0 Å². The minimum Gasteiger partial charge on any atom is -0.439 e. The zero-order chi connectivity index (χ0) is 24.1. The molecular weight excluding hydrogens is 419 g/mol. The van der Waals surface area contributed by atoms with E-state index in [1.54, 1.807) is 19.2 Å². The van der Waals surface area contributed by atoms with Gasteiger partial charge in [0.2, 0.25) is 11.8 Å². The van der Waals surface area contributed by atoms with Crippen molar-refractivity contribution in [3.8, 4) is 29.3 Å². The summed E-state index contributed by atoms with van der Waals surface area (Å²) in [5, 5.41) is 8.74. The highest BCUT2D eigenvalue weighted by atomic mass is 19.1. The fourth-order valence-electron chi connectivity index (χ4n) is 2.51. The van der Waals surface area contributed by atoms with Gasteiger partial charge in [-0.25, -0.2) is 14.4 Å². The molecule has 0 saturated heterocycles. The second-order valence-electron chi connectivity index (χ2n) is 6.40. The van der Waals surface area contributed by atoms with Gasteiger partial charge in [-0.15, -0.1) is 0 Å². The van der Waals surface area contributed by atoms with Crippen LogP contribution in [0, 0.1) is 31.0 Å². The second kappa shape index (κ2) is 13.2. The lowest BCUT2D eigenvalue weighted by molar-refractivity contribution is 0.455. The van der Waals surface area contributed by atoms with E-state index in [0.717, 1.165) is 5.75 Å². The van der Waals surface area contributed by atoms with Crippen LogP contribution in [0.3, 0.4) is 0 Å². The lowest BCUT2D eigenvalue weighted by Gasteiger charge is -2.05. The Labute approximate surface area is 193 Å². The molecule has 0 N–H and O–H groups in total. The number of ether oxygens (including phenoxy) is 2. The van der Waals surface area contributed by atoms with Gasteiger partial charge in [-0.05, 0) is 49.7 Å². The Hall–Kier alpha value is -4.31. The Morgan fingerprint density at radius 3 is 2.12 bits per heavy atom. The summed E-state index contributed by atoms with van der Waals surface area (Å²) in [5.41, 5.74) is 1.39. The first-order chi connectivity index (χ1) is 16.0. The first kappa shape index (κ1) is 25.0. The molecule has 0 fully saturated rings. The molecule has 0 radical (unpaired) electrons. The van der Waals surface area contributed by atoms with Crippen LogP contribution in [0.2, 0.25) is 0 Å². The van der Waals surface area contributed by atoms with Gasteiger partial charge < -0.3 is 9.47 Å². The summed E-state index contributed by atoms with van der Waals surface area (Å²) in [5.74, 6) is 2.03. The van der Waals surface area contributed by atoms with Gasteiger partial charge in [-0.3, -0.25) is 0 Å². The summed E-state index contributed by atoms with van der Waals surface area (Å²) in [4.78, 5) is 12.0. The van der Waals surface area contributed by atoms with E-state index in [1.807, 2.05) is 69.3 Å². The molecule has 2 heterocycles. The van der Waals surface area contributed by atoms with Crippen molar-refractivity contribution in [2.24, 2.45) is 0 Å². The van der Waals surface area contributed by atoms with Crippen LogP contribution in [0.1, 0.15) is 30.9 Å². The van der Waals surface area contributed by atoms with Crippen LogP contribution < -0.4 is 9.47 Å². The monoisotopic (exact) mass is 444 g/mol. The summed E-state index contributed by atoms with van der Waals surface area (Å²) in [6.07, 6.45) is 1.71. The van der Waals surface area contributed by atoms with Crippen molar-refractivity contribution in [2.45, 2.75) is 27.7 Å². The van der Waals surface area contributed by atoms with E-state index in [-0.39, 0.29) is 11.6 Å².